The van der Waals surface area contributed by atoms with Crippen LogP contribution < -0.4 is 4.74 Å². The van der Waals surface area contributed by atoms with Gasteiger partial charge in [-0.2, -0.15) is 0 Å². The largest absolute Gasteiger partial charge is 0.494 e. The summed E-state index contributed by atoms with van der Waals surface area (Å²) in [5.41, 5.74) is 2.19. The molecule has 118 valence electrons. The number of benzene rings is 1. The Kier molecular flexibility index (Phi) is 6.85. The van der Waals surface area contributed by atoms with Crippen LogP contribution in [0.25, 0.3) is 0 Å². The standard InChI is InChI=1S/C18H28ClNO/c1-15-13-17(14-16(2)18(15)19)21-12-8-4-3-5-9-20-10-6-7-11-20/h13-14H,3-12H2,1-2H3. The molecule has 3 heteroatoms. The van der Waals surface area contributed by atoms with Crippen molar-refractivity contribution in [1.29, 1.82) is 0 Å². The lowest BCUT2D eigenvalue weighted by Crippen LogP contribution is -2.20. The minimum Gasteiger partial charge on any atom is -0.494 e. The molecule has 1 aliphatic heterocycles. The first-order chi connectivity index (χ1) is 10.2. The van der Waals surface area contributed by atoms with E-state index in [1.54, 1.807) is 0 Å². The Labute approximate surface area is 134 Å². The summed E-state index contributed by atoms with van der Waals surface area (Å²) < 4.78 is 5.83. The van der Waals surface area contributed by atoms with Crippen molar-refractivity contribution in [1.82, 2.24) is 4.90 Å². The molecule has 0 unspecified atom stereocenters. The number of aryl methyl sites for hydroxylation is 2. The summed E-state index contributed by atoms with van der Waals surface area (Å²) in [6.45, 7) is 8.79. The SMILES string of the molecule is Cc1cc(OCCCCCCN2CCCC2)cc(C)c1Cl. The van der Waals surface area contributed by atoms with E-state index in [-0.39, 0.29) is 0 Å². The van der Waals surface area contributed by atoms with Gasteiger partial charge in [-0.25, -0.2) is 0 Å². The summed E-state index contributed by atoms with van der Waals surface area (Å²) >= 11 is 6.16. The third-order valence-corrected chi connectivity index (χ3v) is 4.84. The molecule has 1 aromatic carbocycles. The van der Waals surface area contributed by atoms with E-state index in [0.29, 0.717) is 0 Å². The Balaban J connectivity index is 1.55. The zero-order valence-corrected chi connectivity index (χ0v) is 14.2. The lowest BCUT2D eigenvalue weighted by molar-refractivity contribution is 0.296. The zero-order chi connectivity index (χ0) is 15.1. The number of unbranched alkanes of at least 4 members (excludes halogenated alkanes) is 3. The molecule has 0 aliphatic carbocycles. The second kappa shape index (κ2) is 8.65. The maximum atomic E-state index is 6.16. The smallest absolute Gasteiger partial charge is 0.119 e. The molecule has 21 heavy (non-hydrogen) atoms. The molecule has 1 saturated heterocycles. The molecule has 1 fully saturated rings. The molecule has 0 bridgehead atoms. The molecule has 0 amide bonds. The van der Waals surface area contributed by atoms with Gasteiger partial charge in [-0.3, -0.25) is 0 Å². The average Bonchev–Trinajstić information content (AvgIpc) is 2.97. The number of likely N-dealkylation sites (tertiary alicyclic amines) is 1. The van der Waals surface area contributed by atoms with Crippen LogP contribution in [-0.4, -0.2) is 31.1 Å². The highest BCUT2D eigenvalue weighted by atomic mass is 35.5. The van der Waals surface area contributed by atoms with E-state index in [4.69, 9.17) is 16.3 Å². The first-order valence-electron chi connectivity index (χ1n) is 8.29. The summed E-state index contributed by atoms with van der Waals surface area (Å²) in [5, 5.41) is 0.851. The number of hydrogen-bond donors (Lipinski definition) is 0. The summed E-state index contributed by atoms with van der Waals surface area (Å²) in [5.74, 6) is 0.950. The van der Waals surface area contributed by atoms with E-state index in [1.807, 2.05) is 26.0 Å². The molecule has 1 aromatic rings. The Morgan fingerprint density at radius 3 is 2.29 bits per heavy atom. The third-order valence-electron chi connectivity index (χ3n) is 4.25. The molecule has 2 rings (SSSR count). The fourth-order valence-corrected chi connectivity index (χ4v) is 3.09. The first-order valence-corrected chi connectivity index (χ1v) is 8.66. The Hall–Kier alpha value is -0.730. The molecule has 0 saturated carbocycles. The fraction of sp³-hybridized carbons (Fsp3) is 0.667. The second-order valence-corrected chi connectivity index (χ2v) is 6.56. The van der Waals surface area contributed by atoms with E-state index in [0.717, 1.165) is 34.9 Å². The van der Waals surface area contributed by atoms with Crippen LogP contribution >= 0.6 is 11.6 Å². The molecular formula is C18H28ClNO. The van der Waals surface area contributed by atoms with Crippen molar-refractivity contribution in [3.05, 3.63) is 28.3 Å². The van der Waals surface area contributed by atoms with Gasteiger partial charge in [-0.1, -0.05) is 24.4 Å². The highest BCUT2D eigenvalue weighted by molar-refractivity contribution is 6.32. The maximum absolute atomic E-state index is 6.16. The van der Waals surface area contributed by atoms with Crippen molar-refractivity contribution in [2.24, 2.45) is 0 Å². The van der Waals surface area contributed by atoms with Gasteiger partial charge in [-0.05, 0) is 82.4 Å². The van der Waals surface area contributed by atoms with E-state index < -0.39 is 0 Å². The van der Waals surface area contributed by atoms with Gasteiger partial charge in [0.25, 0.3) is 0 Å². The topological polar surface area (TPSA) is 12.5 Å². The van der Waals surface area contributed by atoms with Crippen LogP contribution in [0.4, 0.5) is 0 Å². The molecule has 0 atom stereocenters. The summed E-state index contributed by atoms with van der Waals surface area (Å²) in [4.78, 5) is 2.59. The van der Waals surface area contributed by atoms with Gasteiger partial charge in [0.05, 0.1) is 6.61 Å². The van der Waals surface area contributed by atoms with Gasteiger partial charge in [-0.15, -0.1) is 0 Å². The van der Waals surface area contributed by atoms with Crippen LogP contribution in [0.5, 0.6) is 5.75 Å². The summed E-state index contributed by atoms with van der Waals surface area (Å²) in [7, 11) is 0. The van der Waals surface area contributed by atoms with Crippen molar-refractivity contribution in [2.75, 3.05) is 26.2 Å². The highest BCUT2D eigenvalue weighted by Gasteiger charge is 2.09. The maximum Gasteiger partial charge on any atom is 0.119 e. The minimum absolute atomic E-state index is 0.810. The molecule has 0 aromatic heterocycles. The number of ether oxygens (including phenoxy) is 1. The number of halogens is 1. The van der Waals surface area contributed by atoms with Crippen molar-refractivity contribution < 1.29 is 4.74 Å². The average molecular weight is 310 g/mol. The van der Waals surface area contributed by atoms with Crippen LogP contribution in [0.1, 0.15) is 49.7 Å². The number of rotatable bonds is 8. The lowest BCUT2D eigenvalue weighted by Gasteiger charge is -2.14. The Morgan fingerprint density at radius 2 is 1.62 bits per heavy atom. The third kappa shape index (κ3) is 5.52. The quantitative estimate of drug-likeness (QED) is 0.627. The normalized spacial score (nSPS) is 15.6. The molecule has 2 nitrogen and oxygen atoms in total. The Morgan fingerprint density at radius 1 is 1.00 bits per heavy atom. The zero-order valence-electron chi connectivity index (χ0n) is 13.5. The van der Waals surface area contributed by atoms with Crippen molar-refractivity contribution in [3.8, 4) is 5.75 Å². The summed E-state index contributed by atoms with van der Waals surface area (Å²) in [6, 6.07) is 4.06. The van der Waals surface area contributed by atoms with Crippen LogP contribution in [0, 0.1) is 13.8 Å². The van der Waals surface area contributed by atoms with Gasteiger partial charge in [0, 0.05) is 5.02 Å². The fourth-order valence-electron chi connectivity index (χ4n) is 2.98. The van der Waals surface area contributed by atoms with Gasteiger partial charge in [0.1, 0.15) is 5.75 Å². The van der Waals surface area contributed by atoms with Crippen LogP contribution in [0.2, 0.25) is 5.02 Å². The monoisotopic (exact) mass is 309 g/mol. The molecule has 0 N–H and O–H groups in total. The molecule has 0 spiro atoms. The number of nitrogens with zero attached hydrogens (tertiary/aromatic N) is 1. The van der Waals surface area contributed by atoms with Crippen molar-refractivity contribution in [3.63, 3.8) is 0 Å². The molecule has 0 radical (unpaired) electrons. The minimum atomic E-state index is 0.810. The van der Waals surface area contributed by atoms with Crippen molar-refractivity contribution in [2.45, 2.75) is 52.4 Å². The van der Waals surface area contributed by atoms with Gasteiger partial charge >= 0.3 is 0 Å². The predicted molar refractivity (Wildman–Crippen MR) is 90.6 cm³/mol. The highest BCUT2D eigenvalue weighted by Crippen LogP contribution is 2.26. The van der Waals surface area contributed by atoms with Crippen LogP contribution in [0.3, 0.4) is 0 Å². The second-order valence-electron chi connectivity index (χ2n) is 6.18. The van der Waals surface area contributed by atoms with Gasteiger partial charge < -0.3 is 9.64 Å². The van der Waals surface area contributed by atoms with Gasteiger partial charge in [0.2, 0.25) is 0 Å². The van der Waals surface area contributed by atoms with E-state index in [1.165, 1.54) is 51.7 Å². The Bertz CT molecular complexity index is 418. The van der Waals surface area contributed by atoms with Crippen LogP contribution in [-0.2, 0) is 0 Å². The van der Waals surface area contributed by atoms with E-state index >= 15 is 0 Å². The molecule has 1 heterocycles. The molecular weight excluding hydrogens is 282 g/mol. The molecule has 1 aliphatic rings. The van der Waals surface area contributed by atoms with E-state index in [2.05, 4.69) is 4.90 Å². The summed E-state index contributed by atoms with van der Waals surface area (Å²) in [6.07, 6.45) is 7.85. The number of hydrogen-bond acceptors (Lipinski definition) is 2. The lowest BCUT2D eigenvalue weighted by atomic mass is 10.1. The van der Waals surface area contributed by atoms with Gasteiger partial charge in [0.15, 0.2) is 0 Å². The first kappa shape index (κ1) is 16.6. The van der Waals surface area contributed by atoms with E-state index in [9.17, 15) is 0 Å². The predicted octanol–water partition coefficient (Wildman–Crippen LogP) is 4.99. The van der Waals surface area contributed by atoms with Crippen molar-refractivity contribution >= 4 is 11.6 Å². The van der Waals surface area contributed by atoms with Crippen LogP contribution in [0.15, 0.2) is 12.1 Å².